The molecule has 0 spiro atoms. The topological polar surface area (TPSA) is 66.2 Å². The van der Waals surface area contributed by atoms with Crippen LogP contribution in [0.25, 0.3) is 11.4 Å². The third kappa shape index (κ3) is 4.83. The highest BCUT2D eigenvalue weighted by molar-refractivity contribution is 8.00. The molecule has 2 heterocycles. The van der Waals surface area contributed by atoms with Gasteiger partial charge in [0.05, 0.1) is 25.0 Å². The summed E-state index contributed by atoms with van der Waals surface area (Å²) in [6, 6.07) is 10.7. The number of halogens is 2. The molecule has 0 amide bonds. The van der Waals surface area contributed by atoms with Gasteiger partial charge in [-0.25, -0.2) is 8.78 Å². The lowest BCUT2D eigenvalue weighted by atomic mass is 10.1. The van der Waals surface area contributed by atoms with E-state index in [0.29, 0.717) is 17.5 Å². The lowest BCUT2D eigenvalue weighted by molar-refractivity contribution is 0.0953. The zero-order valence-electron chi connectivity index (χ0n) is 17.8. The molecular weight excluding hydrogens is 436 g/mol. The quantitative estimate of drug-likeness (QED) is 0.357. The van der Waals surface area contributed by atoms with E-state index in [0.717, 1.165) is 42.9 Å². The van der Waals surface area contributed by atoms with Crippen molar-refractivity contribution in [1.82, 2.24) is 14.8 Å². The molecular formula is C23H23F2N3O3S. The molecule has 168 valence electrons. The lowest BCUT2D eigenvalue weighted by Crippen LogP contribution is -2.19. The summed E-state index contributed by atoms with van der Waals surface area (Å²) in [6.45, 7) is 2.99. The van der Waals surface area contributed by atoms with Gasteiger partial charge in [0.15, 0.2) is 28.4 Å². The first-order valence-corrected chi connectivity index (χ1v) is 11.2. The van der Waals surface area contributed by atoms with Crippen LogP contribution in [0.2, 0.25) is 0 Å². The molecule has 2 unspecified atom stereocenters. The van der Waals surface area contributed by atoms with Gasteiger partial charge in [-0.1, -0.05) is 11.8 Å². The summed E-state index contributed by atoms with van der Waals surface area (Å²) < 4.78 is 39.8. The van der Waals surface area contributed by atoms with Gasteiger partial charge in [0.1, 0.15) is 5.75 Å². The van der Waals surface area contributed by atoms with E-state index in [4.69, 9.17) is 9.47 Å². The van der Waals surface area contributed by atoms with Crippen LogP contribution >= 0.6 is 11.8 Å². The minimum absolute atomic E-state index is 0.0413. The SMILES string of the molecule is COc1ccc(-c2nnc(SC(C)C(=O)c3ccc(F)c(F)c3)n2CC2CCCO2)cc1. The highest BCUT2D eigenvalue weighted by atomic mass is 32.2. The highest BCUT2D eigenvalue weighted by Gasteiger charge is 2.25. The zero-order valence-corrected chi connectivity index (χ0v) is 18.6. The summed E-state index contributed by atoms with van der Waals surface area (Å²) in [5.74, 6) is -0.942. The third-order valence-corrected chi connectivity index (χ3v) is 6.41. The Kier molecular flexibility index (Phi) is 6.86. The molecule has 1 saturated heterocycles. The predicted octanol–water partition coefficient (Wildman–Crippen LogP) is 4.77. The molecule has 0 N–H and O–H groups in total. The molecule has 1 aliphatic heterocycles. The van der Waals surface area contributed by atoms with Crippen LogP contribution < -0.4 is 4.74 Å². The Labute approximate surface area is 188 Å². The lowest BCUT2D eigenvalue weighted by Gasteiger charge is -2.16. The van der Waals surface area contributed by atoms with Gasteiger partial charge in [-0.2, -0.15) is 0 Å². The number of carbonyl (C=O) groups is 1. The minimum atomic E-state index is -1.05. The number of Topliss-reactive ketones (excluding diaryl/α,β-unsaturated/α-hetero) is 1. The second-order valence-electron chi connectivity index (χ2n) is 7.53. The third-order valence-electron chi connectivity index (χ3n) is 5.33. The summed E-state index contributed by atoms with van der Waals surface area (Å²) in [6.07, 6.45) is 1.98. The number of carbonyl (C=O) groups excluding carboxylic acids is 1. The summed E-state index contributed by atoms with van der Waals surface area (Å²) in [5.41, 5.74) is 0.979. The number of ketones is 1. The van der Waals surface area contributed by atoms with Gasteiger partial charge < -0.3 is 9.47 Å². The predicted molar refractivity (Wildman–Crippen MR) is 117 cm³/mol. The van der Waals surface area contributed by atoms with Crippen molar-refractivity contribution in [3.8, 4) is 17.1 Å². The maximum absolute atomic E-state index is 13.6. The van der Waals surface area contributed by atoms with Gasteiger partial charge in [-0.05, 0) is 62.2 Å². The van der Waals surface area contributed by atoms with Crippen molar-refractivity contribution >= 4 is 17.5 Å². The molecule has 2 atom stereocenters. The van der Waals surface area contributed by atoms with E-state index >= 15 is 0 Å². The van der Waals surface area contributed by atoms with Gasteiger partial charge in [0.2, 0.25) is 0 Å². The van der Waals surface area contributed by atoms with E-state index in [1.165, 1.54) is 17.8 Å². The second-order valence-corrected chi connectivity index (χ2v) is 8.84. The average Bonchev–Trinajstić information content (AvgIpc) is 3.46. The molecule has 0 saturated carbocycles. The first kappa shape index (κ1) is 22.4. The van der Waals surface area contributed by atoms with E-state index < -0.39 is 16.9 Å². The maximum Gasteiger partial charge on any atom is 0.192 e. The number of aromatic nitrogens is 3. The Bertz CT molecular complexity index is 1100. The van der Waals surface area contributed by atoms with Gasteiger partial charge >= 0.3 is 0 Å². The van der Waals surface area contributed by atoms with Crippen LogP contribution in [0.5, 0.6) is 5.75 Å². The Balaban J connectivity index is 1.61. The Hall–Kier alpha value is -2.78. The highest BCUT2D eigenvalue weighted by Crippen LogP contribution is 2.31. The molecule has 1 aliphatic rings. The van der Waals surface area contributed by atoms with E-state index in [1.54, 1.807) is 14.0 Å². The molecule has 2 aromatic carbocycles. The number of hydrogen-bond acceptors (Lipinski definition) is 6. The molecule has 3 aromatic rings. The molecule has 6 nitrogen and oxygen atoms in total. The summed E-state index contributed by atoms with van der Waals surface area (Å²) in [5, 5.41) is 8.69. The molecule has 32 heavy (non-hydrogen) atoms. The molecule has 1 fully saturated rings. The van der Waals surface area contributed by atoms with E-state index in [9.17, 15) is 13.6 Å². The number of ether oxygens (including phenoxy) is 2. The molecule has 9 heteroatoms. The van der Waals surface area contributed by atoms with Crippen molar-refractivity contribution < 1.29 is 23.0 Å². The zero-order chi connectivity index (χ0) is 22.7. The molecule has 0 bridgehead atoms. The van der Waals surface area contributed by atoms with Crippen LogP contribution in [0.3, 0.4) is 0 Å². The normalized spacial score (nSPS) is 16.8. The smallest absolute Gasteiger partial charge is 0.192 e. The molecule has 1 aromatic heterocycles. The van der Waals surface area contributed by atoms with Crippen LogP contribution in [0.4, 0.5) is 8.78 Å². The molecule has 0 aliphatic carbocycles. The van der Waals surface area contributed by atoms with Crippen LogP contribution in [0.15, 0.2) is 47.6 Å². The monoisotopic (exact) mass is 459 g/mol. The second kappa shape index (κ2) is 9.79. The van der Waals surface area contributed by atoms with Gasteiger partial charge in [-0.15, -0.1) is 10.2 Å². The first-order chi connectivity index (χ1) is 15.5. The van der Waals surface area contributed by atoms with Gasteiger partial charge in [-0.3, -0.25) is 9.36 Å². The number of nitrogens with zero attached hydrogens (tertiary/aromatic N) is 3. The van der Waals surface area contributed by atoms with Gasteiger partial charge in [0.25, 0.3) is 0 Å². The summed E-state index contributed by atoms with van der Waals surface area (Å²) in [7, 11) is 1.61. The number of methoxy groups -OCH3 is 1. The minimum Gasteiger partial charge on any atom is -0.497 e. The number of rotatable bonds is 8. The van der Waals surface area contributed by atoms with Crippen molar-refractivity contribution in [2.75, 3.05) is 13.7 Å². The summed E-state index contributed by atoms with van der Waals surface area (Å²) in [4.78, 5) is 12.8. The van der Waals surface area contributed by atoms with Crippen LogP contribution in [0.1, 0.15) is 30.1 Å². The number of thioether (sulfide) groups is 1. The fraction of sp³-hybridized carbons (Fsp3) is 0.348. The Morgan fingerprint density at radius 3 is 2.66 bits per heavy atom. The van der Waals surface area contributed by atoms with Crippen molar-refractivity contribution in [3.05, 3.63) is 59.7 Å². The van der Waals surface area contributed by atoms with Gasteiger partial charge in [0, 0.05) is 17.7 Å². The van der Waals surface area contributed by atoms with Crippen molar-refractivity contribution in [2.24, 2.45) is 0 Å². The maximum atomic E-state index is 13.6. The number of hydrogen-bond donors (Lipinski definition) is 0. The first-order valence-electron chi connectivity index (χ1n) is 10.3. The summed E-state index contributed by atoms with van der Waals surface area (Å²) >= 11 is 1.23. The largest absolute Gasteiger partial charge is 0.497 e. The van der Waals surface area contributed by atoms with Crippen molar-refractivity contribution in [1.29, 1.82) is 0 Å². The molecule has 4 rings (SSSR count). The molecule has 0 radical (unpaired) electrons. The van der Waals surface area contributed by atoms with Crippen molar-refractivity contribution in [3.63, 3.8) is 0 Å². The average molecular weight is 460 g/mol. The Morgan fingerprint density at radius 2 is 2.00 bits per heavy atom. The van der Waals surface area contributed by atoms with E-state index in [1.807, 2.05) is 28.8 Å². The van der Waals surface area contributed by atoms with Crippen LogP contribution in [-0.4, -0.2) is 45.6 Å². The standard InChI is InChI=1S/C23H23F2N3O3S/c1-14(21(29)16-7-10-19(24)20(25)12-16)32-23-27-26-22(15-5-8-17(30-2)9-6-15)28(23)13-18-4-3-11-31-18/h5-10,12,14,18H,3-4,11,13H2,1-2H3. The van der Waals surface area contributed by atoms with Crippen molar-refractivity contribution in [2.45, 2.75) is 42.8 Å². The van der Waals surface area contributed by atoms with Crippen LogP contribution in [0, 0.1) is 11.6 Å². The Morgan fingerprint density at radius 1 is 1.22 bits per heavy atom. The van der Waals surface area contributed by atoms with Crippen LogP contribution in [-0.2, 0) is 11.3 Å². The number of benzene rings is 2. The van der Waals surface area contributed by atoms with E-state index in [2.05, 4.69) is 10.2 Å². The van der Waals surface area contributed by atoms with E-state index in [-0.39, 0.29) is 17.5 Å². The fourth-order valence-corrected chi connectivity index (χ4v) is 4.52. The fourth-order valence-electron chi connectivity index (χ4n) is 3.58.